The zero-order valence-electron chi connectivity index (χ0n) is 30.8. The van der Waals surface area contributed by atoms with Crippen LogP contribution in [0.2, 0.25) is 0 Å². The third-order valence-corrected chi connectivity index (χ3v) is 9.91. The van der Waals surface area contributed by atoms with Crippen molar-refractivity contribution in [2.24, 2.45) is 0 Å². The van der Waals surface area contributed by atoms with Gasteiger partial charge in [0.1, 0.15) is 22.6 Å². The molecule has 0 amide bonds. The summed E-state index contributed by atoms with van der Waals surface area (Å²) in [5.74, 6) is 0.907. The van der Waals surface area contributed by atoms with Crippen molar-refractivity contribution in [3.8, 4) is 5.75 Å². The van der Waals surface area contributed by atoms with Crippen molar-refractivity contribution in [3.63, 3.8) is 0 Å². The predicted octanol–water partition coefficient (Wildman–Crippen LogP) is 8.19. The molecular formula is C46H42N8O. The van der Waals surface area contributed by atoms with E-state index in [1.165, 1.54) is 11.1 Å². The van der Waals surface area contributed by atoms with E-state index in [1.54, 1.807) is 12.1 Å². The first-order chi connectivity index (χ1) is 27.0. The molecule has 0 aliphatic rings. The van der Waals surface area contributed by atoms with Crippen molar-refractivity contribution in [1.29, 1.82) is 0 Å². The maximum atomic E-state index is 10.1. The lowest BCUT2D eigenvalue weighted by molar-refractivity contribution is 0.458. The minimum absolute atomic E-state index is 0.226. The van der Waals surface area contributed by atoms with Gasteiger partial charge in [0.05, 0.1) is 12.7 Å². The Kier molecular flexibility index (Phi) is 10.0. The van der Waals surface area contributed by atoms with Gasteiger partial charge in [-0.25, -0.2) is 9.67 Å². The molecule has 0 radical (unpaired) electrons. The average Bonchev–Trinajstić information content (AvgIpc) is 3.87. The van der Waals surface area contributed by atoms with Crippen LogP contribution in [0.15, 0.2) is 164 Å². The van der Waals surface area contributed by atoms with Crippen LogP contribution >= 0.6 is 0 Å². The van der Waals surface area contributed by atoms with E-state index >= 15 is 0 Å². The number of hydrogen-bond acceptors (Lipinski definition) is 7. The lowest BCUT2D eigenvalue weighted by atomic mass is 9.77. The third-order valence-electron chi connectivity index (χ3n) is 9.91. The fourth-order valence-electron chi connectivity index (χ4n) is 7.39. The topological polar surface area (TPSA) is 106 Å². The minimum atomic E-state index is -0.902. The molecule has 0 spiro atoms. The van der Waals surface area contributed by atoms with Crippen molar-refractivity contribution in [2.45, 2.75) is 25.6 Å². The molecule has 3 aromatic heterocycles. The van der Waals surface area contributed by atoms with Crippen LogP contribution in [0.1, 0.15) is 44.5 Å². The zero-order valence-corrected chi connectivity index (χ0v) is 30.8. The van der Waals surface area contributed by atoms with E-state index in [9.17, 15) is 5.11 Å². The molecular weight excluding hydrogens is 681 g/mol. The number of nitrogens with one attached hydrogen (secondary N) is 2. The lowest BCUT2D eigenvalue weighted by Crippen LogP contribution is -2.38. The molecule has 55 heavy (non-hydrogen) atoms. The van der Waals surface area contributed by atoms with Gasteiger partial charge in [0.2, 0.25) is 0 Å². The average molecular weight is 723 g/mol. The van der Waals surface area contributed by atoms with Crippen LogP contribution in [0.3, 0.4) is 0 Å². The molecule has 0 fully saturated rings. The summed E-state index contributed by atoms with van der Waals surface area (Å²) in [6, 6.07) is 49.1. The van der Waals surface area contributed by atoms with Gasteiger partial charge in [-0.2, -0.15) is 5.10 Å². The second-order valence-electron chi connectivity index (χ2n) is 13.6. The fourth-order valence-corrected chi connectivity index (χ4v) is 7.39. The third kappa shape index (κ3) is 7.13. The molecule has 8 aromatic rings. The summed E-state index contributed by atoms with van der Waals surface area (Å²) in [6.07, 6.45) is 6.11. The van der Waals surface area contributed by atoms with Gasteiger partial charge in [-0.3, -0.25) is 4.68 Å². The molecule has 9 heteroatoms. The number of aromatic nitrogens is 6. The highest BCUT2D eigenvalue weighted by atomic mass is 16.3. The van der Waals surface area contributed by atoms with Gasteiger partial charge >= 0.3 is 0 Å². The molecule has 5 aromatic carbocycles. The molecule has 3 N–H and O–H groups in total. The van der Waals surface area contributed by atoms with Crippen molar-refractivity contribution >= 4 is 22.6 Å². The number of rotatable bonds is 13. The summed E-state index contributed by atoms with van der Waals surface area (Å²) in [5, 5.41) is 31.8. The van der Waals surface area contributed by atoms with E-state index < -0.39 is 5.54 Å². The number of fused-ring (bicyclic) bond motifs is 1. The Hall–Kier alpha value is -6.84. The van der Waals surface area contributed by atoms with Gasteiger partial charge in [-0.05, 0) is 58.5 Å². The first kappa shape index (κ1) is 35.2. The molecule has 0 unspecified atom stereocenters. The number of nitrogens with zero attached hydrogens (tertiary/aromatic N) is 6. The van der Waals surface area contributed by atoms with Gasteiger partial charge in [0.25, 0.3) is 0 Å². The Morgan fingerprint density at radius 1 is 0.764 bits per heavy atom. The monoisotopic (exact) mass is 722 g/mol. The van der Waals surface area contributed by atoms with E-state index in [0.717, 1.165) is 45.5 Å². The summed E-state index contributed by atoms with van der Waals surface area (Å²) in [6.45, 7) is 3.93. The number of anilines is 1. The van der Waals surface area contributed by atoms with Crippen molar-refractivity contribution in [3.05, 3.63) is 209 Å². The maximum absolute atomic E-state index is 10.1. The van der Waals surface area contributed by atoms with E-state index in [-0.39, 0.29) is 5.75 Å². The quantitative estimate of drug-likeness (QED) is 0.0815. The molecule has 8 rings (SSSR count). The Bertz CT molecular complexity index is 2460. The Balaban J connectivity index is 1.31. The zero-order chi connectivity index (χ0) is 37.6. The fraction of sp³-hybridized carbons (Fsp3) is 0.130. The van der Waals surface area contributed by atoms with Crippen LogP contribution in [0, 0.1) is 6.92 Å². The second-order valence-corrected chi connectivity index (χ2v) is 13.6. The second kappa shape index (κ2) is 15.6. The SMILES string of the molecule is CNc1cc(/C(=C/CNCc2cccc(C)c2)c2cnn(Cc3cccc(O)c3)c2)c2nnn(C(c3ccccc3)(c3ccccc3)c3ccccc3)c2n1. The summed E-state index contributed by atoms with van der Waals surface area (Å²) in [7, 11) is 1.88. The number of hydrogen-bond donors (Lipinski definition) is 3. The molecule has 3 heterocycles. The molecule has 9 nitrogen and oxygen atoms in total. The van der Waals surface area contributed by atoms with Crippen LogP contribution in [0.25, 0.3) is 16.7 Å². The standard InChI is InChI=1S/C46H42N8O/c1-33-14-12-15-34(26-33)29-48-25-24-41(36-30-49-53(32-36)31-35-16-13-23-40(55)27-35)42-28-43(47-2)50-45-44(42)51-52-54(45)46(37-17-6-3-7-18-37,38-19-8-4-9-20-38)39-21-10-5-11-22-39/h3-24,26-28,30,32,48,55H,25,29,31H2,1-2H3,(H,47,50)/b41-24+. The number of phenolic OH excluding ortho intramolecular Hbond substituents is 1. The van der Waals surface area contributed by atoms with Gasteiger partial charge < -0.3 is 15.7 Å². The van der Waals surface area contributed by atoms with Crippen LogP contribution in [-0.2, 0) is 18.6 Å². The number of phenols is 1. The molecule has 0 aliphatic carbocycles. The lowest BCUT2D eigenvalue weighted by Gasteiger charge is -2.36. The van der Waals surface area contributed by atoms with E-state index in [1.807, 2.05) is 65.2 Å². The summed E-state index contributed by atoms with van der Waals surface area (Å²) in [4.78, 5) is 5.19. The Labute approximate surface area is 320 Å². The molecule has 0 aliphatic heterocycles. The summed E-state index contributed by atoms with van der Waals surface area (Å²) in [5.41, 5.74) is 9.62. The van der Waals surface area contributed by atoms with E-state index in [4.69, 9.17) is 20.4 Å². The predicted molar refractivity (Wildman–Crippen MR) is 219 cm³/mol. The number of aromatic hydroxyl groups is 1. The largest absolute Gasteiger partial charge is 0.508 e. The van der Waals surface area contributed by atoms with Crippen LogP contribution < -0.4 is 10.6 Å². The van der Waals surface area contributed by atoms with Gasteiger partial charge in [-0.1, -0.05) is 144 Å². The molecule has 0 atom stereocenters. The van der Waals surface area contributed by atoms with Crippen molar-refractivity contribution in [1.82, 2.24) is 35.1 Å². The highest BCUT2D eigenvalue weighted by Crippen LogP contribution is 2.42. The van der Waals surface area contributed by atoms with Crippen molar-refractivity contribution in [2.75, 3.05) is 18.9 Å². The molecule has 0 saturated carbocycles. The van der Waals surface area contributed by atoms with E-state index in [0.29, 0.717) is 30.1 Å². The van der Waals surface area contributed by atoms with Crippen molar-refractivity contribution < 1.29 is 5.11 Å². The van der Waals surface area contributed by atoms with Gasteiger partial charge in [0.15, 0.2) is 5.65 Å². The first-order valence-corrected chi connectivity index (χ1v) is 18.4. The number of benzene rings is 5. The summed E-state index contributed by atoms with van der Waals surface area (Å²) < 4.78 is 3.86. The van der Waals surface area contributed by atoms with Crippen LogP contribution in [0.5, 0.6) is 5.75 Å². The number of pyridine rings is 1. The van der Waals surface area contributed by atoms with Gasteiger partial charge in [-0.15, -0.1) is 5.10 Å². The van der Waals surface area contributed by atoms with Crippen LogP contribution in [-0.4, -0.2) is 48.5 Å². The maximum Gasteiger partial charge on any atom is 0.182 e. The first-order valence-electron chi connectivity index (χ1n) is 18.4. The Morgan fingerprint density at radius 2 is 1.42 bits per heavy atom. The normalized spacial score (nSPS) is 11.9. The molecule has 272 valence electrons. The Morgan fingerprint density at radius 3 is 2.05 bits per heavy atom. The highest BCUT2D eigenvalue weighted by molar-refractivity contribution is 5.94. The highest BCUT2D eigenvalue weighted by Gasteiger charge is 2.41. The summed E-state index contributed by atoms with van der Waals surface area (Å²) >= 11 is 0. The molecule has 0 bridgehead atoms. The van der Waals surface area contributed by atoms with E-state index in [2.05, 4.69) is 121 Å². The molecule has 0 saturated heterocycles. The smallest absolute Gasteiger partial charge is 0.182 e. The van der Waals surface area contributed by atoms with Gasteiger partial charge in [0, 0.05) is 37.5 Å². The number of aryl methyl sites for hydroxylation is 1. The van der Waals surface area contributed by atoms with Crippen LogP contribution in [0.4, 0.5) is 5.82 Å². The minimum Gasteiger partial charge on any atom is -0.508 e.